The van der Waals surface area contributed by atoms with Crippen LogP contribution in [0.3, 0.4) is 0 Å². The van der Waals surface area contributed by atoms with Gasteiger partial charge in [0.05, 0.1) is 27.0 Å². The molecule has 0 unspecified atom stereocenters. The lowest BCUT2D eigenvalue weighted by Gasteiger charge is -2.20. The van der Waals surface area contributed by atoms with E-state index in [-0.39, 0.29) is 27.0 Å². The lowest BCUT2D eigenvalue weighted by molar-refractivity contribution is 0.598. The van der Waals surface area contributed by atoms with Crippen molar-refractivity contribution in [3.05, 3.63) is 52.5 Å². The van der Waals surface area contributed by atoms with Gasteiger partial charge in [0.15, 0.2) is 0 Å². The molecule has 1 aliphatic rings. The average Bonchev–Trinajstić information content (AvgIpc) is 2.90. The summed E-state index contributed by atoms with van der Waals surface area (Å²) in [5.41, 5.74) is 2.07. The Bertz CT molecular complexity index is 1070. The highest BCUT2D eigenvalue weighted by Gasteiger charge is 2.30. The summed E-state index contributed by atoms with van der Waals surface area (Å²) in [6.07, 6.45) is 0.511. The Morgan fingerprint density at radius 1 is 1.15 bits per heavy atom. The zero-order valence-electron chi connectivity index (χ0n) is 14.4. The SMILES string of the molecule is Cc1cccc(S(=O)(=O)Nc2ccc(Cl)c(N3CCCS3(=O)=O)c2)c1C. The van der Waals surface area contributed by atoms with Gasteiger partial charge in [0.25, 0.3) is 10.0 Å². The normalized spacial score (nSPS) is 16.7. The van der Waals surface area contributed by atoms with E-state index in [0.29, 0.717) is 18.5 Å². The van der Waals surface area contributed by atoms with Gasteiger partial charge in [0, 0.05) is 6.54 Å². The van der Waals surface area contributed by atoms with Crippen molar-refractivity contribution in [3.63, 3.8) is 0 Å². The van der Waals surface area contributed by atoms with E-state index in [9.17, 15) is 16.8 Å². The van der Waals surface area contributed by atoms with Crippen LogP contribution in [0.5, 0.6) is 0 Å². The smallest absolute Gasteiger partial charge is 0.262 e. The Kier molecular flexibility index (Phi) is 4.94. The molecule has 9 heteroatoms. The van der Waals surface area contributed by atoms with Crippen molar-refractivity contribution >= 4 is 43.0 Å². The van der Waals surface area contributed by atoms with Crippen LogP contribution in [0.1, 0.15) is 17.5 Å². The number of rotatable bonds is 4. The van der Waals surface area contributed by atoms with Gasteiger partial charge in [-0.1, -0.05) is 23.7 Å². The maximum Gasteiger partial charge on any atom is 0.262 e. The maximum atomic E-state index is 12.7. The molecule has 2 aromatic carbocycles. The number of nitrogens with zero attached hydrogens (tertiary/aromatic N) is 1. The third-order valence-corrected chi connectivity index (χ3v) is 8.11. The summed E-state index contributed by atoms with van der Waals surface area (Å²) in [6.45, 7) is 3.91. The number of hydrogen-bond donors (Lipinski definition) is 1. The van der Waals surface area contributed by atoms with Crippen LogP contribution in [-0.2, 0) is 20.0 Å². The van der Waals surface area contributed by atoms with Crippen LogP contribution in [0.4, 0.5) is 11.4 Å². The van der Waals surface area contributed by atoms with E-state index in [1.54, 1.807) is 13.0 Å². The molecule has 1 aliphatic heterocycles. The Labute approximate surface area is 158 Å². The standard InChI is InChI=1S/C17H19ClN2O4S2/c1-12-5-3-6-17(13(12)2)26(23,24)19-14-7-8-15(18)16(11-14)20-9-4-10-25(20,21)22/h3,5-8,11,19H,4,9-10H2,1-2H3. The van der Waals surface area contributed by atoms with Gasteiger partial charge in [-0.25, -0.2) is 16.8 Å². The molecule has 26 heavy (non-hydrogen) atoms. The van der Waals surface area contributed by atoms with E-state index in [4.69, 9.17) is 11.6 Å². The molecule has 0 spiro atoms. The number of aryl methyl sites for hydroxylation is 1. The first-order chi connectivity index (χ1) is 12.1. The van der Waals surface area contributed by atoms with E-state index in [1.165, 1.54) is 28.6 Å². The first-order valence-corrected chi connectivity index (χ1v) is 11.5. The topological polar surface area (TPSA) is 83.6 Å². The second-order valence-corrected chi connectivity index (χ2v) is 10.3. The van der Waals surface area contributed by atoms with Crippen LogP contribution in [0, 0.1) is 13.8 Å². The number of nitrogens with one attached hydrogen (secondary N) is 1. The Hall–Kier alpha value is -1.77. The van der Waals surface area contributed by atoms with Gasteiger partial charge in [-0.3, -0.25) is 9.03 Å². The summed E-state index contributed by atoms with van der Waals surface area (Å²) in [6, 6.07) is 9.51. The molecule has 0 bridgehead atoms. The number of halogens is 1. The second kappa shape index (κ2) is 6.75. The summed E-state index contributed by atoms with van der Waals surface area (Å²) in [4.78, 5) is 0.183. The third-order valence-electron chi connectivity index (χ3n) is 4.41. The van der Waals surface area contributed by atoms with Crippen molar-refractivity contribution < 1.29 is 16.8 Å². The van der Waals surface area contributed by atoms with E-state index in [2.05, 4.69) is 4.72 Å². The molecule has 2 aromatic rings. The lowest BCUT2D eigenvalue weighted by Crippen LogP contribution is -2.25. The number of anilines is 2. The second-order valence-electron chi connectivity index (χ2n) is 6.21. The minimum atomic E-state index is -3.81. The van der Waals surface area contributed by atoms with E-state index in [1.807, 2.05) is 13.0 Å². The molecule has 1 N–H and O–H groups in total. The third kappa shape index (κ3) is 3.54. The first-order valence-electron chi connectivity index (χ1n) is 8.01. The van der Waals surface area contributed by atoms with Crippen LogP contribution in [0.15, 0.2) is 41.3 Å². The summed E-state index contributed by atoms with van der Waals surface area (Å²) >= 11 is 6.15. The molecule has 0 atom stereocenters. The van der Waals surface area contributed by atoms with Crippen LogP contribution >= 0.6 is 11.6 Å². The molecule has 6 nitrogen and oxygen atoms in total. The van der Waals surface area contributed by atoms with Crippen LogP contribution in [-0.4, -0.2) is 29.1 Å². The van der Waals surface area contributed by atoms with Crippen LogP contribution in [0.25, 0.3) is 0 Å². The molecule has 0 aliphatic carbocycles. The fourth-order valence-corrected chi connectivity index (χ4v) is 6.11. The zero-order chi connectivity index (χ0) is 19.1. The van der Waals surface area contributed by atoms with Crippen molar-refractivity contribution in [3.8, 4) is 0 Å². The van der Waals surface area contributed by atoms with E-state index < -0.39 is 20.0 Å². The molecule has 1 saturated heterocycles. The summed E-state index contributed by atoms with van der Waals surface area (Å²) in [5, 5.41) is 0.255. The largest absolute Gasteiger partial charge is 0.280 e. The van der Waals surface area contributed by atoms with Gasteiger partial charge in [-0.05, 0) is 55.7 Å². The Balaban J connectivity index is 1.98. The van der Waals surface area contributed by atoms with Gasteiger partial charge < -0.3 is 0 Å². The number of benzene rings is 2. The predicted octanol–water partition coefficient (Wildman–Crippen LogP) is 3.30. The van der Waals surface area contributed by atoms with Gasteiger partial charge >= 0.3 is 0 Å². The van der Waals surface area contributed by atoms with Crippen molar-refractivity contribution in [1.82, 2.24) is 0 Å². The molecule has 1 fully saturated rings. The minimum absolute atomic E-state index is 0.0573. The van der Waals surface area contributed by atoms with Crippen LogP contribution < -0.4 is 9.03 Å². The molecule has 0 aromatic heterocycles. The Morgan fingerprint density at radius 2 is 1.88 bits per heavy atom. The monoisotopic (exact) mass is 414 g/mol. The van der Waals surface area contributed by atoms with Crippen molar-refractivity contribution in [2.24, 2.45) is 0 Å². The molecular formula is C17H19ClN2O4S2. The summed E-state index contributed by atoms with van der Waals surface area (Å²) < 4.78 is 53.5. The van der Waals surface area contributed by atoms with Gasteiger partial charge in [-0.15, -0.1) is 0 Å². The predicted molar refractivity (Wildman–Crippen MR) is 104 cm³/mol. The van der Waals surface area contributed by atoms with Crippen LogP contribution in [0.2, 0.25) is 5.02 Å². The number of sulfonamides is 2. The highest BCUT2D eigenvalue weighted by Crippen LogP contribution is 2.34. The molecule has 0 amide bonds. The number of hydrogen-bond acceptors (Lipinski definition) is 4. The van der Waals surface area contributed by atoms with Crippen molar-refractivity contribution in [1.29, 1.82) is 0 Å². The average molecular weight is 415 g/mol. The molecule has 140 valence electrons. The van der Waals surface area contributed by atoms with Gasteiger partial charge in [-0.2, -0.15) is 0 Å². The molecular weight excluding hydrogens is 396 g/mol. The Morgan fingerprint density at radius 3 is 2.54 bits per heavy atom. The summed E-state index contributed by atoms with van der Waals surface area (Å²) in [5.74, 6) is 0.0573. The highest BCUT2D eigenvalue weighted by atomic mass is 35.5. The fourth-order valence-electron chi connectivity index (χ4n) is 2.90. The summed E-state index contributed by atoms with van der Waals surface area (Å²) in [7, 11) is -7.23. The van der Waals surface area contributed by atoms with Crippen molar-refractivity contribution in [2.45, 2.75) is 25.2 Å². The maximum absolute atomic E-state index is 12.7. The molecule has 0 radical (unpaired) electrons. The van der Waals surface area contributed by atoms with Crippen molar-refractivity contribution in [2.75, 3.05) is 21.3 Å². The highest BCUT2D eigenvalue weighted by molar-refractivity contribution is 7.93. The zero-order valence-corrected chi connectivity index (χ0v) is 16.7. The van der Waals surface area contributed by atoms with E-state index in [0.717, 1.165) is 5.56 Å². The fraction of sp³-hybridized carbons (Fsp3) is 0.294. The first kappa shape index (κ1) is 19.0. The quantitative estimate of drug-likeness (QED) is 0.831. The molecule has 1 heterocycles. The van der Waals surface area contributed by atoms with Gasteiger partial charge in [0.1, 0.15) is 0 Å². The minimum Gasteiger partial charge on any atom is -0.280 e. The molecule has 3 rings (SSSR count). The molecule has 0 saturated carbocycles. The lowest BCUT2D eigenvalue weighted by atomic mass is 10.1. The van der Waals surface area contributed by atoms with E-state index >= 15 is 0 Å². The van der Waals surface area contributed by atoms with Gasteiger partial charge in [0.2, 0.25) is 10.0 Å².